The summed E-state index contributed by atoms with van der Waals surface area (Å²) in [7, 11) is 0. The van der Waals surface area contributed by atoms with E-state index in [0.29, 0.717) is 25.9 Å². The molecule has 2 N–H and O–H groups in total. The zero-order valence-electron chi connectivity index (χ0n) is 21.0. The van der Waals surface area contributed by atoms with E-state index in [1.807, 2.05) is 74.5 Å². The lowest BCUT2D eigenvalue weighted by atomic mass is 9.85. The van der Waals surface area contributed by atoms with Crippen molar-refractivity contribution in [3.05, 3.63) is 94.4 Å². The number of benzene rings is 2. The quantitative estimate of drug-likeness (QED) is 0.381. The number of amides is 1. The molecular weight excluding hydrogens is 440 g/mol. The highest BCUT2D eigenvalue weighted by Gasteiger charge is 2.26. The number of aliphatic hydroxyl groups is 1. The molecule has 3 rings (SSSR count). The van der Waals surface area contributed by atoms with E-state index in [4.69, 9.17) is 0 Å². The highest BCUT2D eigenvalue weighted by molar-refractivity contribution is 5.66. The first kappa shape index (κ1) is 26.2. The Hall–Kier alpha value is -3.38. The van der Waals surface area contributed by atoms with Crippen molar-refractivity contribution in [1.82, 2.24) is 9.47 Å². The molecule has 0 bridgehead atoms. The minimum Gasteiger partial charge on any atom is -0.465 e. The van der Waals surface area contributed by atoms with Crippen LogP contribution in [0.3, 0.4) is 0 Å². The first-order valence-corrected chi connectivity index (χ1v) is 12.2. The van der Waals surface area contributed by atoms with Gasteiger partial charge in [-0.15, -0.1) is 0 Å². The van der Waals surface area contributed by atoms with Crippen LogP contribution in [-0.2, 0) is 6.54 Å². The third-order valence-corrected chi connectivity index (χ3v) is 6.51. The minimum absolute atomic E-state index is 0.0397. The van der Waals surface area contributed by atoms with E-state index in [1.165, 1.54) is 4.90 Å². The van der Waals surface area contributed by atoms with E-state index in [1.54, 1.807) is 30.7 Å². The smallest absolute Gasteiger partial charge is 0.407 e. The predicted octanol–water partition coefficient (Wildman–Crippen LogP) is 5.91. The summed E-state index contributed by atoms with van der Waals surface area (Å²) in [6.07, 6.45) is 1.97. The molecule has 35 heavy (non-hydrogen) atoms. The second-order valence-electron chi connectivity index (χ2n) is 9.73. The van der Waals surface area contributed by atoms with Crippen molar-refractivity contribution < 1.29 is 15.0 Å². The fourth-order valence-corrected chi connectivity index (χ4v) is 4.55. The Morgan fingerprint density at radius 2 is 1.66 bits per heavy atom. The summed E-state index contributed by atoms with van der Waals surface area (Å²) in [5, 5.41) is 20.4. The van der Waals surface area contributed by atoms with Gasteiger partial charge in [0.25, 0.3) is 5.56 Å². The Labute approximate surface area is 207 Å². The minimum atomic E-state index is -0.972. The normalized spacial score (nSPS) is 13.3. The van der Waals surface area contributed by atoms with Gasteiger partial charge >= 0.3 is 6.09 Å². The van der Waals surface area contributed by atoms with E-state index in [9.17, 15) is 19.8 Å². The average Bonchev–Trinajstić information content (AvgIpc) is 2.83. The zero-order chi connectivity index (χ0) is 25.6. The Morgan fingerprint density at radius 3 is 2.20 bits per heavy atom. The van der Waals surface area contributed by atoms with Crippen molar-refractivity contribution in [2.45, 2.75) is 64.6 Å². The third kappa shape index (κ3) is 7.06. The fourth-order valence-electron chi connectivity index (χ4n) is 4.55. The highest BCUT2D eigenvalue weighted by Crippen LogP contribution is 2.31. The Bertz CT molecular complexity index is 1160. The van der Waals surface area contributed by atoms with Gasteiger partial charge in [0, 0.05) is 25.4 Å². The molecule has 0 radical (unpaired) electrons. The lowest BCUT2D eigenvalue weighted by Gasteiger charge is -2.31. The van der Waals surface area contributed by atoms with Crippen LogP contribution in [0.4, 0.5) is 4.79 Å². The molecule has 0 aliphatic carbocycles. The summed E-state index contributed by atoms with van der Waals surface area (Å²) in [4.78, 5) is 25.8. The number of aryl methyl sites for hydroxylation is 1. The SMILES string of the molecule is CCn1ccc(-c2ccc([C@H](C)N(CC[C@H](CC(C)(C)O)c3ccccc3)C(=O)O)cc2)cc1=O. The molecule has 186 valence electrons. The molecule has 2 atom stereocenters. The number of aromatic nitrogens is 1. The number of hydrogen-bond acceptors (Lipinski definition) is 3. The number of carboxylic acid groups (broad SMARTS) is 1. The number of carbonyl (C=O) groups is 1. The molecule has 6 heteroatoms. The van der Waals surface area contributed by atoms with Crippen molar-refractivity contribution in [2.24, 2.45) is 0 Å². The van der Waals surface area contributed by atoms with Crippen molar-refractivity contribution in [3.8, 4) is 11.1 Å². The van der Waals surface area contributed by atoms with E-state index in [-0.39, 0.29) is 17.5 Å². The van der Waals surface area contributed by atoms with Crippen molar-refractivity contribution in [1.29, 1.82) is 0 Å². The van der Waals surface area contributed by atoms with Gasteiger partial charge in [0.15, 0.2) is 0 Å². The number of rotatable bonds is 10. The molecule has 0 aliphatic rings. The number of hydrogen-bond donors (Lipinski definition) is 2. The summed E-state index contributed by atoms with van der Waals surface area (Å²) in [5.41, 5.74) is 2.84. The maximum Gasteiger partial charge on any atom is 0.407 e. The monoisotopic (exact) mass is 476 g/mol. The molecule has 6 nitrogen and oxygen atoms in total. The molecule has 0 saturated carbocycles. The van der Waals surface area contributed by atoms with Crippen LogP contribution >= 0.6 is 0 Å². The maximum absolute atomic E-state index is 12.2. The second kappa shape index (κ2) is 11.4. The van der Waals surface area contributed by atoms with Crippen LogP contribution in [0, 0.1) is 0 Å². The molecule has 0 fully saturated rings. The summed E-state index contributed by atoms with van der Waals surface area (Å²) in [5.74, 6) is 0.0397. The number of pyridine rings is 1. The molecular formula is C29H36N2O4. The molecule has 0 spiro atoms. The van der Waals surface area contributed by atoms with Gasteiger partial charge in [0.2, 0.25) is 0 Å². The Balaban J connectivity index is 1.76. The molecule has 3 aromatic rings. The van der Waals surface area contributed by atoms with E-state index < -0.39 is 11.7 Å². The Kier molecular flexibility index (Phi) is 8.52. The topological polar surface area (TPSA) is 82.8 Å². The van der Waals surface area contributed by atoms with E-state index in [0.717, 1.165) is 22.3 Å². The van der Waals surface area contributed by atoms with E-state index >= 15 is 0 Å². The molecule has 2 aromatic carbocycles. The zero-order valence-corrected chi connectivity index (χ0v) is 21.0. The molecule has 0 saturated heterocycles. The van der Waals surface area contributed by atoms with Gasteiger partial charge in [-0.25, -0.2) is 4.79 Å². The van der Waals surface area contributed by atoms with E-state index in [2.05, 4.69) is 0 Å². The third-order valence-electron chi connectivity index (χ3n) is 6.51. The van der Waals surface area contributed by atoms with Crippen molar-refractivity contribution in [2.75, 3.05) is 6.54 Å². The maximum atomic E-state index is 12.2. The van der Waals surface area contributed by atoms with Crippen molar-refractivity contribution >= 4 is 6.09 Å². The van der Waals surface area contributed by atoms with Crippen LogP contribution in [0.15, 0.2) is 77.7 Å². The van der Waals surface area contributed by atoms with Gasteiger partial charge in [0.05, 0.1) is 11.6 Å². The first-order chi connectivity index (χ1) is 16.6. The van der Waals surface area contributed by atoms with Crippen LogP contribution in [0.2, 0.25) is 0 Å². The summed E-state index contributed by atoms with van der Waals surface area (Å²) in [6.45, 7) is 8.36. The molecule has 1 heterocycles. The summed E-state index contributed by atoms with van der Waals surface area (Å²) in [6, 6.07) is 20.9. The molecule has 1 aromatic heterocycles. The summed E-state index contributed by atoms with van der Waals surface area (Å²) < 4.78 is 1.64. The number of nitrogens with zero attached hydrogens (tertiary/aromatic N) is 2. The largest absolute Gasteiger partial charge is 0.465 e. The lowest BCUT2D eigenvalue weighted by Crippen LogP contribution is -2.34. The fraction of sp³-hybridized carbons (Fsp3) is 0.379. The van der Waals surface area contributed by atoms with Crippen molar-refractivity contribution in [3.63, 3.8) is 0 Å². The van der Waals surface area contributed by atoms with Crippen LogP contribution in [0.1, 0.15) is 63.6 Å². The molecule has 1 amide bonds. The molecule has 0 unspecified atom stereocenters. The highest BCUT2D eigenvalue weighted by atomic mass is 16.4. The first-order valence-electron chi connectivity index (χ1n) is 12.2. The lowest BCUT2D eigenvalue weighted by molar-refractivity contribution is 0.0598. The standard InChI is InChI=1S/C29H36N2O4/c1-5-30-17-15-25(19-27(30)32)24-13-11-22(12-14-24)21(2)31(28(33)34)18-16-26(20-29(3,4)35)23-9-7-6-8-10-23/h6-15,17,19,21,26,35H,5,16,18,20H2,1-4H3,(H,33,34)/t21-,26+/m0/s1. The van der Waals surface area contributed by atoms with Gasteiger partial charge < -0.3 is 19.7 Å². The van der Waals surface area contributed by atoms with Crippen LogP contribution in [0.5, 0.6) is 0 Å². The Morgan fingerprint density at radius 1 is 1.00 bits per heavy atom. The van der Waals surface area contributed by atoms with Gasteiger partial charge in [-0.2, -0.15) is 0 Å². The van der Waals surface area contributed by atoms with Crippen LogP contribution < -0.4 is 5.56 Å². The second-order valence-corrected chi connectivity index (χ2v) is 9.73. The van der Waals surface area contributed by atoms with Crippen LogP contribution in [0.25, 0.3) is 11.1 Å². The van der Waals surface area contributed by atoms with Gasteiger partial charge in [-0.1, -0.05) is 54.6 Å². The average molecular weight is 477 g/mol. The summed E-state index contributed by atoms with van der Waals surface area (Å²) >= 11 is 0. The van der Waals surface area contributed by atoms with Gasteiger partial charge in [-0.3, -0.25) is 4.79 Å². The predicted molar refractivity (Wildman–Crippen MR) is 140 cm³/mol. The van der Waals surface area contributed by atoms with Crippen LogP contribution in [-0.4, -0.2) is 37.9 Å². The molecule has 0 aliphatic heterocycles. The van der Waals surface area contributed by atoms with Gasteiger partial charge in [0.1, 0.15) is 0 Å². The van der Waals surface area contributed by atoms with Gasteiger partial charge in [-0.05, 0) is 74.8 Å².